The first kappa shape index (κ1) is 16.7. The maximum atomic E-state index is 13.2. The number of hydrogen-bond acceptors (Lipinski definition) is 4. The largest absolute Gasteiger partial charge is 0.343 e. The molecule has 2 fully saturated rings. The topological polar surface area (TPSA) is 58.6 Å². The van der Waals surface area contributed by atoms with Crippen molar-refractivity contribution in [1.82, 2.24) is 10.4 Å². The van der Waals surface area contributed by atoms with E-state index in [1.165, 1.54) is 0 Å². The van der Waals surface area contributed by atoms with E-state index in [4.69, 9.17) is 11.3 Å². The summed E-state index contributed by atoms with van der Waals surface area (Å²) >= 11 is 0. The summed E-state index contributed by atoms with van der Waals surface area (Å²) in [6, 6.07) is 3.73. The molecule has 0 aromatic heterocycles. The van der Waals surface area contributed by atoms with Crippen LogP contribution in [-0.2, 0) is 14.4 Å². The van der Waals surface area contributed by atoms with Crippen LogP contribution in [0.25, 0.3) is 0 Å². The Hall–Kier alpha value is -2.16. The summed E-state index contributed by atoms with van der Waals surface area (Å²) in [4.78, 5) is 31.0. The number of aryl methyl sites for hydroxylation is 2. The van der Waals surface area contributed by atoms with Gasteiger partial charge in [-0.1, -0.05) is 5.92 Å². The number of nitrogens with zero attached hydrogens (tertiary/aromatic N) is 1. The van der Waals surface area contributed by atoms with Gasteiger partial charge in [-0.05, 0) is 55.5 Å². The molecule has 1 amide bonds. The minimum atomic E-state index is -0.763. The van der Waals surface area contributed by atoms with Crippen molar-refractivity contribution in [1.29, 1.82) is 0 Å². The van der Waals surface area contributed by atoms with Gasteiger partial charge in [0.1, 0.15) is 11.5 Å². The molecule has 1 spiro atoms. The smallest absolute Gasteiger partial charge is 0.235 e. The predicted octanol–water partition coefficient (Wildman–Crippen LogP) is 1.46. The van der Waals surface area contributed by atoms with Gasteiger partial charge in [0.15, 0.2) is 5.78 Å². The first-order chi connectivity index (χ1) is 11.4. The average Bonchev–Trinajstić information content (AvgIpc) is 2.79. The Morgan fingerprint density at radius 2 is 1.83 bits per heavy atom. The molecular formula is C19H22N2O3. The summed E-state index contributed by atoms with van der Waals surface area (Å²) in [6.07, 6.45) is 6.61. The number of terminal acetylenes is 1. The number of hydrogen-bond donors (Lipinski definition) is 1. The Bertz CT molecular complexity index is 716. The highest BCUT2D eigenvalue weighted by atomic mass is 16.7. The van der Waals surface area contributed by atoms with Gasteiger partial charge in [0, 0.05) is 18.7 Å². The predicted molar refractivity (Wildman–Crippen MR) is 90.3 cm³/mol. The Balaban J connectivity index is 1.95. The van der Waals surface area contributed by atoms with Gasteiger partial charge in [0.05, 0.1) is 7.11 Å². The third-order valence-electron chi connectivity index (χ3n) is 5.24. The van der Waals surface area contributed by atoms with Crippen LogP contribution in [0.15, 0.2) is 12.1 Å². The quantitative estimate of drug-likeness (QED) is 0.660. The van der Waals surface area contributed by atoms with E-state index < -0.39 is 11.5 Å². The fourth-order valence-corrected chi connectivity index (χ4v) is 3.96. The molecule has 0 bridgehead atoms. The molecule has 0 saturated carbocycles. The second-order valence-electron chi connectivity index (χ2n) is 6.65. The Morgan fingerprint density at radius 3 is 2.33 bits per heavy atom. The Morgan fingerprint density at radius 1 is 1.25 bits per heavy atom. The molecule has 5 heteroatoms. The number of rotatable bonds is 2. The number of nitrogens with one attached hydrogen (secondary N) is 1. The lowest BCUT2D eigenvalue weighted by molar-refractivity contribution is -0.157. The first-order valence-corrected chi connectivity index (χ1v) is 8.15. The molecule has 1 N–H and O–H groups in total. The maximum absolute atomic E-state index is 13.2. The number of carbonyl (C=O) groups is 2. The van der Waals surface area contributed by atoms with Gasteiger partial charge in [-0.2, -0.15) is 5.06 Å². The number of hydroxylamine groups is 2. The van der Waals surface area contributed by atoms with Crippen LogP contribution in [0.5, 0.6) is 0 Å². The van der Waals surface area contributed by atoms with Crippen molar-refractivity contribution in [3.8, 4) is 12.3 Å². The monoisotopic (exact) mass is 326 g/mol. The van der Waals surface area contributed by atoms with Gasteiger partial charge in [0.2, 0.25) is 5.91 Å². The minimum absolute atomic E-state index is 0.0251. The van der Waals surface area contributed by atoms with Crippen molar-refractivity contribution >= 4 is 11.7 Å². The van der Waals surface area contributed by atoms with Gasteiger partial charge in [-0.3, -0.25) is 9.59 Å². The number of benzene rings is 1. The van der Waals surface area contributed by atoms with Gasteiger partial charge >= 0.3 is 0 Å². The highest BCUT2D eigenvalue weighted by molar-refractivity contribution is 6.17. The number of piperidine rings is 1. The molecule has 3 rings (SSSR count). The number of ketones is 1. The van der Waals surface area contributed by atoms with E-state index in [2.05, 4.69) is 11.2 Å². The van der Waals surface area contributed by atoms with Gasteiger partial charge < -0.3 is 10.2 Å². The summed E-state index contributed by atoms with van der Waals surface area (Å²) in [5.41, 5.74) is 2.58. The molecule has 1 unspecified atom stereocenters. The van der Waals surface area contributed by atoms with Crippen LogP contribution in [0.1, 0.15) is 41.0 Å². The van der Waals surface area contributed by atoms with Crippen LogP contribution >= 0.6 is 0 Å². The van der Waals surface area contributed by atoms with Gasteiger partial charge in [-0.25, -0.2) is 0 Å². The van der Waals surface area contributed by atoms with Crippen LogP contribution in [0.2, 0.25) is 0 Å². The van der Waals surface area contributed by atoms with Crippen LogP contribution in [0, 0.1) is 26.2 Å². The fraction of sp³-hybridized carbons (Fsp3) is 0.474. The molecule has 2 aliphatic rings. The van der Waals surface area contributed by atoms with Crippen molar-refractivity contribution in [2.45, 2.75) is 38.1 Å². The van der Waals surface area contributed by atoms with Crippen molar-refractivity contribution in [2.24, 2.45) is 0 Å². The normalized spacial score (nSPS) is 23.3. The molecule has 1 atom stereocenters. The van der Waals surface area contributed by atoms with Crippen molar-refractivity contribution < 1.29 is 14.4 Å². The molecule has 2 aliphatic heterocycles. The van der Waals surface area contributed by atoms with Crippen molar-refractivity contribution in [3.05, 3.63) is 34.4 Å². The third kappa shape index (κ3) is 2.52. The molecular weight excluding hydrogens is 304 g/mol. The van der Waals surface area contributed by atoms with Crippen molar-refractivity contribution in [2.75, 3.05) is 20.2 Å². The van der Waals surface area contributed by atoms with E-state index in [0.29, 0.717) is 25.9 Å². The van der Waals surface area contributed by atoms with Crippen LogP contribution < -0.4 is 5.32 Å². The Kier molecular flexibility index (Phi) is 4.20. The van der Waals surface area contributed by atoms with Gasteiger partial charge in [-0.15, -0.1) is 6.42 Å². The van der Waals surface area contributed by atoms with E-state index >= 15 is 0 Å². The second kappa shape index (κ2) is 6.04. The van der Waals surface area contributed by atoms with Crippen LogP contribution in [0.4, 0.5) is 0 Å². The number of amides is 1. The number of Topliss-reactive ketones (excluding diaryl/α,β-unsaturated/α-hetero) is 1. The van der Waals surface area contributed by atoms with Crippen LogP contribution in [0.3, 0.4) is 0 Å². The second-order valence-corrected chi connectivity index (χ2v) is 6.65. The van der Waals surface area contributed by atoms with Crippen molar-refractivity contribution in [3.63, 3.8) is 0 Å². The van der Waals surface area contributed by atoms with Gasteiger partial charge in [0.25, 0.3) is 0 Å². The van der Waals surface area contributed by atoms with E-state index in [1.807, 2.05) is 31.0 Å². The summed E-state index contributed by atoms with van der Waals surface area (Å²) < 4.78 is 0. The summed E-state index contributed by atoms with van der Waals surface area (Å²) in [5.74, 6) is 1.64. The third-order valence-corrected chi connectivity index (χ3v) is 5.24. The zero-order valence-electron chi connectivity index (χ0n) is 14.3. The summed E-state index contributed by atoms with van der Waals surface area (Å²) in [7, 11) is 1.62. The summed E-state index contributed by atoms with van der Waals surface area (Å²) in [6.45, 7) is 5.07. The molecule has 1 aromatic carbocycles. The van der Waals surface area contributed by atoms with E-state index in [0.717, 1.165) is 22.3 Å². The van der Waals surface area contributed by atoms with Crippen LogP contribution in [-0.4, -0.2) is 42.5 Å². The summed E-state index contributed by atoms with van der Waals surface area (Å²) in [5, 5.41) is 4.80. The highest BCUT2D eigenvalue weighted by Crippen LogP contribution is 2.38. The zero-order valence-corrected chi connectivity index (χ0v) is 14.3. The molecule has 0 aliphatic carbocycles. The lowest BCUT2D eigenvalue weighted by atomic mass is 9.79. The Labute approximate surface area is 142 Å². The molecule has 2 saturated heterocycles. The molecule has 5 nitrogen and oxygen atoms in total. The molecule has 126 valence electrons. The SMILES string of the molecule is C#Cc1cc(C)c(C2C(=O)NC3(CCN(OC)CC3)C2=O)c(C)c1. The molecule has 24 heavy (non-hydrogen) atoms. The minimum Gasteiger partial charge on any atom is -0.343 e. The lowest BCUT2D eigenvalue weighted by Gasteiger charge is -2.36. The molecule has 1 aromatic rings. The fourth-order valence-electron chi connectivity index (χ4n) is 3.96. The lowest BCUT2D eigenvalue weighted by Crippen LogP contribution is -2.54. The highest BCUT2D eigenvalue weighted by Gasteiger charge is 2.54. The maximum Gasteiger partial charge on any atom is 0.235 e. The standard InChI is InChI=1S/C19H22N2O3/c1-5-14-10-12(2)15(13(3)11-14)16-17(22)19(20-18(16)23)6-8-21(24-4)9-7-19/h1,10-11,16H,6-9H2,2-4H3,(H,20,23). The van der Waals surface area contributed by atoms with E-state index in [9.17, 15) is 9.59 Å². The number of carbonyl (C=O) groups excluding carboxylic acids is 2. The first-order valence-electron chi connectivity index (χ1n) is 8.15. The average molecular weight is 326 g/mol. The zero-order chi connectivity index (χ0) is 17.5. The molecule has 0 radical (unpaired) electrons. The van der Waals surface area contributed by atoms with E-state index in [-0.39, 0.29) is 11.7 Å². The van der Waals surface area contributed by atoms with E-state index in [1.54, 1.807) is 7.11 Å². The molecule has 2 heterocycles.